The zero-order valence-electron chi connectivity index (χ0n) is 11.0. The van der Waals surface area contributed by atoms with Crippen LogP contribution in [0.2, 0.25) is 0 Å². The highest BCUT2D eigenvalue weighted by molar-refractivity contribution is 5.47. The Kier molecular flexibility index (Phi) is 4.56. The Morgan fingerprint density at radius 2 is 1.84 bits per heavy atom. The molecule has 19 heavy (non-hydrogen) atoms. The van der Waals surface area contributed by atoms with Crippen LogP contribution in [0.4, 0.5) is 24.8 Å². The van der Waals surface area contributed by atoms with Gasteiger partial charge in [-0.05, 0) is 13.3 Å². The lowest BCUT2D eigenvalue weighted by Crippen LogP contribution is -2.32. The molecule has 5 nitrogen and oxygen atoms in total. The Hall–Kier alpha value is -1.57. The van der Waals surface area contributed by atoms with Crippen molar-refractivity contribution >= 4 is 11.6 Å². The summed E-state index contributed by atoms with van der Waals surface area (Å²) in [7, 11) is 1.47. The van der Waals surface area contributed by atoms with Crippen LogP contribution < -0.4 is 10.6 Å². The van der Waals surface area contributed by atoms with Gasteiger partial charge in [0.05, 0.1) is 5.60 Å². The van der Waals surface area contributed by atoms with E-state index in [0.29, 0.717) is 6.42 Å². The largest absolute Gasteiger partial charge is 0.451 e. The van der Waals surface area contributed by atoms with Gasteiger partial charge in [-0.2, -0.15) is 13.2 Å². The minimum absolute atomic E-state index is 0.0143. The van der Waals surface area contributed by atoms with Crippen LogP contribution in [0.1, 0.15) is 26.1 Å². The predicted octanol–water partition coefficient (Wildman–Crippen LogP) is 2.11. The van der Waals surface area contributed by atoms with Crippen LogP contribution in [0.5, 0.6) is 0 Å². The SMILES string of the molecule is CCC(C)(O)CNc1cc(NC)nc(C(F)(F)F)n1. The zero-order valence-corrected chi connectivity index (χ0v) is 11.0. The third-order valence-electron chi connectivity index (χ3n) is 2.65. The molecule has 0 fully saturated rings. The quantitative estimate of drug-likeness (QED) is 0.769. The third-order valence-corrected chi connectivity index (χ3v) is 2.65. The molecule has 0 radical (unpaired) electrons. The summed E-state index contributed by atoms with van der Waals surface area (Å²) < 4.78 is 37.8. The van der Waals surface area contributed by atoms with E-state index >= 15 is 0 Å². The first-order valence-corrected chi connectivity index (χ1v) is 5.78. The van der Waals surface area contributed by atoms with Gasteiger partial charge >= 0.3 is 6.18 Å². The lowest BCUT2D eigenvalue weighted by atomic mass is 10.0. The molecule has 108 valence electrons. The highest BCUT2D eigenvalue weighted by atomic mass is 19.4. The molecular formula is C11H17F3N4O. The van der Waals surface area contributed by atoms with E-state index in [1.54, 1.807) is 13.8 Å². The second-order valence-electron chi connectivity index (χ2n) is 4.41. The van der Waals surface area contributed by atoms with Crippen molar-refractivity contribution in [2.24, 2.45) is 0 Å². The maximum atomic E-state index is 12.6. The first-order valence-electron chi connectivity index (χ1n) is 5.78. The summed E-state index contributed by atoms with van der Waals surface area (Å²) >= 11 is 0. The Bertz CT molecular complexity index is 434. The molecule has 0 saturated heterocycles. The van der Waals surface area contributed by atoms with Gasteiger partial charge in [0.2, 0.25) is 5.82 Å². The predicted molar refractivity (Wildman–Crippen MR) is 66.0 cm³/mol. The Morgan fingerprint density at radius 1 is 1.26 bits per heavy atom. The zero-order chi connectivity index (χ0) is 14.7. The number of alkyl halides is 3. The fraction of sp³-hybridized carbons (Fsp3) is 0.636. The summed E-state index contributed by atoms with van der Waals surface area (Å²) in [5.74, 6) is -1.15. The Labute approximate surface area is 109 Å². The molecule has 0 aliphatic rings. The van der Waals surface area contributed by atoms with E-state index in [0.717, 1.165) is 0 Å². The van der Waals surface area contributed by atoms with Gasteiger partial charge in [-0.1, -0.05) is 6.92 Å². The molecule has 1 unspecified atom stereocenters. The van der Waals surface area contributed by atoms with Crippen LogP contribution in [-0.2, 0) is 6.18 Å². The van der Waals surface area contributed by atoms with E-state index in [1.807, 2.05) is 0 Å². The summed E-state index contributed by atoms with van der Waals surface area (Å²) in [4.78, 5) is 6.73. The van der Waals surface area contributed by atoms with E-state index in [2.05, 4.69) is 20.6 Å². The average molecular weight is 278 g/mol. The molecule has 0 amide bonds. The minimum atomic E-state index is -4.61. The highest BCUT2D eigenvalue weighted by Crippen LogP contribution is 2.28. The number of halogens is 3. The number of anilines is 2. The average Bonchev–Trinajstić information content (AvgIpc) is 2.35. The number of rotatable bonds is 5. The van der Waals surface area contributed by atoms with Gasteiger partial charge in [-0.15, -0.1) is 0 Å². The number of hydrogen-bond donors (Lipinski definition) is 3. The number of nitrogens with one attached hydrogen (secondary N) is 2. The van der Waals surface area contributed by atoms with Crippen LogP contribution in [0.3, 0.4) is 0 Å². The fourth-order valence-corrected chi connectivity index (χ4v) is 1.20. The minimum Gasteiger partial charge on any atom is -0.388 e. The van der Waals surface area contributed by atoms with Gasteiger partial charge in [0.15, 0.2) is 0 Å². The van der Waals surface area contributed by atoms with Crippen LogP contribution in [0.25, 0.3) is 0 Å². The van der Waals surface area contributed by atoms with Gasteiger partial charge in [-0.3, -0.25) is 0 Å². The second-order valence-corrected chi connectivity index (χ2v) is 4.41. The van der Waals surface area contributed by atoms with Crippen molar-refractivity contribution in [2.75, 3.05) is 24.2 Å². The van der Waals surface area contributed by atoms with Gasteiger partial charge in [0.1, 0.15) is 11.6 Å². The van der Waals surface area contributed by atoms with E-state index < -0.39 is 17.6 Å². The molecule has 3 N–H and O–H groups in total. The summed E-state index contributed by atoms with van der Waals surface area (Å²) in [6, 6.07) is 1.35. The summed E-state index contributed by atoms with van der Waals surface area (Å²) in [6.07, 6.45) is -4.15. The standard InChI is InChI=1S/C11H17F3N4O/c1-4-10(2,19)6-16-8-5-7(15-3)17-9(18-8)11(12,13)14/h5,19H,4,6H2,1-3H3,(H2,15,16,17,18). The van der Waals surface area contributed by atoms with Crippen LogP contribution in [-0.4, -0.2) is 34.3 Å². The van der Waals surface area contributed by atoms with Crippen molar-refractivity contribution in [3.05, 3.63) is 11.9 Å². The topological polar surface area (TPSA) is 70.1 Å². The first-order chi connectivity index (χ1) is 8.68. The molecule has 0 bridgehead atoms. The smallest absolute Gasteiger partial charge is 0.388 e. The van der Waals surface area contributed by atoms with Gasteiger partial charge in [-0.25, -0.2) is 9.97 Å². The molecule has 1 atom stereocenters. The molecule has 0 aromatic carbocycles. The Balaban J connectivity index is 2.95. The first kappa shape index (κ1) is 15.5. The van der Waals surface area contributed by atoms with Crippen molar-refractivity contribution in [1.29, 1.82) is 0 Å². The van der Waals surface area contributed by atoms with Crippen LogP contribution in [0, 0.1) is 0 Å². The maximum absolute atomic E-state index is 12.6. The van der Waals surface area contributed by atoms with Crippen molar-refractivity contribution in [3.8, 4) is 0 Å². The Morgan fingerprint density at radius 3 is 2.32 bits per heavy atom. The van der Waals surface area contributed by atoms with Crippen molar-refractivity contribution in [2.45, 2.75) is 32.0 Å². The third kappa shape index (κ3) is 4.55. The van der Waals surface area contributed by atoms with Crippen molar-refractivity contribution in [3.63, 3.8) is 0 Å². The molecule has 1 rings (SSSR count). The van der Waals surface area contributed by atoms with Gasteiger partial charge < -0.3 is 15.7 Å². The molecule has 0 saturated carbocycles. The van der Waals surface area contributed by atoms with E-state index in [1.165, 1.54) is 13.1 Å². The van der Waals surface area contributed by atoms with E-state index in [-0.39, 0.29) is 18.2 Å². The van der Waals surface area contributed by atoms with Crippen molar-refractivity contribution in [1.82, 2.24) is 9.97 Å². The number of aliphatic hydroxyl groups is 1. The molecule has 0 aliphatic heterocycles. The number of nitrogens with zero attached hydrogens (tertiary/aromatic N) is 2. The van der Waals surface area contributed by atoms with Crippen LogP contribution in [0.15, 0.2) is 6.07 Å². The number of aromatic nitrogens is 2. The maximum Gasteiger partial charge on any atom is 0.451 e. The van der Waals surface area contributed by atoms with E-state index in [4.69, 9.17) is 0 Å². The lowest BCUT2D eigenvalue weighted by Gasteiger charge is -2.22. The molecule has 1 heterocycles. The normalized spacial score (nSPS) is 14.9. The summed E-state index contributed by atoms with van der Waals surface area (Å²) in [5.41, 5.74) is -1.01. The second kappa shape index (κ2) is 5.60. The molecule has 1 aromatic rings. The summed E-state index contributed by atoms with van der Waals surface area (Å²) in [6.45, 7) is 3.47. The molecule has 0 spiro atoms. The number of hydrogen-bond acceptors (Lipinski definition) is 5. The molecule has 1 aromatic heterocycles. The lowest BCUT2D eigenvalue weighted by molar-refractivity contribution is -0.144. The molecular weight excluding hydrogens is 261 g/mol. The fourth-order valence-electron chi connectivity index (χ4n) is 1.20. The van der Waals surface area contributed by atoms with Crippen LogP contribution >= 0.6 is 0 Å². The van der Waals surface area contributed by atoms with Gasteiger partial charge in [0.25, 0.3) is 0 Å². The van der Waals surface area contributed by atoms with Gasteiger partial charge in [0, 0.05) is 19.7 Å². The molecule has 8 heteroatoms. The molecule has 0 aliphatic carbocycles. The van der Waals surface area contributed by atoms with E-state index in [9.17, 15) is 18.3 Å². The summed E-state index contributed by atoms with van der Waals surface area (Å²) in [5, 5.41) is 15.0. The van der Waals surface area contributed by atoms with Crippen molar-refractivity contribution < 1.29 is 18.3 Å². The highest BCUT2D eigenvalue weighted by Gasteiger charge is 2.35. The monoisotopic (exact) mass is 278 g/mol.